The topological polar surface area (TPSA) is 81.1 Å². The number of amides is 1. The number of aryl methyl sites for hydroxylation is 3. The number of Topliss-reactive ketones (excluding diaryl/α,β-unsaturated/α-hetero) is 1. The van der Waals surface area contributed by atoms with Crippen LogP contribution in [0.2, 0.25) is 0 Å². The maximum Gasteiger partial charge on any atom is 0.300 e. The third-order valence-electron chi connectivity index (χ3n) is 6.82. The van der Waals surface area contributed by atoms with Crippen LogP contribution in [0.5, 0.6) is 5.75 Å². The lowest BCUT2D eigenvalue weighted by atomic mass is 9.93. The van der Waals surface area contributed by atoms with Crippen molar-refractivity contribution >= 4 is 28.8 Å². The molecule has 36 heavy (non-hydrogen) atoms. The van der Waals surface area contributed by atoms with E-state index in [1.54, 1.807) is 12.1 Å². The third-order valence-corrected chi connectivity index (χ3v) is 6.82. The summed E-state index contributed by atoms with van der Waals surface area (Å²) in [6.45, 7) is 11.5. The van der Waals surface area contributed by atoms with Gasteiger partial charge in [0, 0.05) is 24.3 Å². The lowest BCUT2D eigenvalue weighted by Gasteiger charge is -2.27. The molecule has 0 aromatic heterocycles. The van der Waals surface area contributed by atoms with E-state index in [1.165, 1.54) is 11.0 Å². The Bertz CT molecular complexity index is 1350. The largest absolute Gasteiger partial charge is 0.507 e. The van der Waals surface area contributed by atoms with Gasteiger partial charge in [-0.15, -0.1) is 0 Å². The molecule has 1 atom stereocenters. The van der Waals surface area contributed by atoms with Gasteiger partial charge in [0.25, 0.3) is 11.7 Å². The number of anilines is 2. The van der Waals surface area contributed by atoms with Gasteiger partial charge in [-0.2, -0.15) is 0 Å². The summed E-state index contributed by atoms with van der Waals surface area (Å²) < 4.78 is 0. The number of phenolic OH excluding ortho intramolecular Hbond substituents is 1. The molecule has 6 heteroatoms. The molecule has 2 N–H and O–H groups in total. The number of carbonyl (C=O) groups is 2. The standard InChI is InChI=1S/C30H32N2O4/c1-6-31(7-2)22-13-11-21(12-14-22)27-26(28(34)23-16-18(3)8-10-20(23)5)29(35)30(36)32(27)24-17-19(4)9-15-25(24)33/h8-17,27,33-34H,6-7H2,1-5H3/b28-26+. The predicted molar refractivity (Wildman–Crippen MR) is 144 cm³/mol. The van der Waals surface area contributed by atoms with Crippen molar-refractivity contribution in [1.82, 2.24) is 0 Å². The van der Waals surface area contributed by atoms with Gasteiger partial charge >= 0.3 is 0 Å². The Balaban J connectivity index is 1.96. The van der Waals surface area contributed by atoms with Crippen molar-refractivity contribution in [3.8, 4) is 5.75 Å². The Hall–Kier alpha value is -4.06. The second-order valence-electron chi connectivity index (χ2n) is 9.24. The highest BCUT2D eigenvalue weighted by Gasteiger charge is 2.47. The number of aliphatic hydroxyl groups is 1. The van der Waals surface area contributed by atoms with Gasteiger partial charge in [0.1, 0.15) is 11.5 Å². The van der Waals surface area contributed by atoms with Gasteiger partial charge in [0.15, 0.2) is 0 Å². The molecule has 4 rings (SSSR count). The first-order valence-electron chi connectivity index (χ1n) is 12.2. The van der Waals surface area contributed by atoms with Crippen LogP contribution in [-0.2, 0) is 9.59 Å². The highest BCUT2D eigenvalue weighted by molar-refractivity contribution is 6.52. The number of nitrogens with zero attached hydrogens (tertiary/aromatic N) is 2. The van der Waals surface area contributed by atoms with Crippen molar-refractivity contribution in [2.45, 2.75) is 40.7 Å². The van der Waals surface area contributed by atoms with Crippen molar-refractivity contribution in [3.05, 3.63) is 94.1 Å². The Kier molecular flexibility index (Phi) is 6.88. The first-order chi connectivity index (χ1) is 17.2. The van der Waals surface area contributed by atoms with Gasteiger partial charge in [-0.1, -0.05) is 35.9 Å². The summed E-state index contributed by atoms with van der Waals surface area (Å²) in [5.41, 5.74) is 4.97. The molecule has 0 bridgehead atoms. The highest BCUT2D eigenvalue weighted by atomic mass is 16.3. The van der Waals surface area contributed by atoms with E-state index in [2.05, 4.69) is 18.7 Å². The fraction of sp³-hybridized carbons (Fsp3) is 0.267. The van der Waals surface area contributed by atoms with Gasteiger partial charge in [0.2, 0.25) is 0 Å². The van der Waals surface area contributed by atoms with E-state index in [4.69, 9.17) is 0 Å². The van der Waals surface area contributed by atoms with Crippen molar-refractivity contribution in [2.75, 3.05) is 22.9 Å². The van der Waals surface area contributed by atoms with E-state index in [1.807, 2.05) is 63.2 Å². The summed E-state index contributed by atoms with van der Waals surface area (Å²) in [6, 6.07) is 17.3. The molecular weight excluding hydrogens is 452 g/mol. The molecule has 0 aliphatic carbocycles. The molecule has 0 saturated carbocycles. The number of aromatic hydroxyl groups is 1. The summed E-state index contributed by atoms with van der Waals surface area (Å²) in [5.74, 6) is -1.91. The summed E-state index contributed by atoms with van der Waals surface area (Å²) in [6.07, 6.45) is 0. The van der Waals surface area contributed by atoms with Crippen molar-refractivity contribution in [3.63, 3.8) is 0 Å². The fourth-order valence-electron chi connectivity index (χ4n) is 4.82. The molecule has 0 spiro atoms. The molecular formula is C30H32N2O4. The number of phenols is 1. The number of benzene rings is 3. The van der Waals surface area contributed by atoms with E-state index in [0.29, 0.717) is 11.1 Å². The maximum atomic E-state index is 13.4. The van der Waals surface area contributed by atoms with E-state index >= 15 is 0 Å². The second-order valence-corrected chi connectivity index (χ2v) is 9.24. The number of aliphatic hydroxyl groups excluding tert-OH is 1. The average Bonchev–Trinajstić information content (AvgIpc) is 3.13. The Labute approximate surface area is 212 Å². The van der Waals surface area contributed by atoms with Crippen LogP contribution >= 0.6 is 0 Å². The quantitative estimate of drug-likeness (QED) is 0.263. The van der Waals surface area contributed by atoms with Gasteiger partial charge in [0.05, 0.1) is 17.3 Å². The van der Waals surface area contributed by atoms with E-state index in [-0.39, 0.29) is 22.8 Å². The lowest BCUT2D eigenvalue weighted by Crippen LogP contribution is -2.29. The van der Waals surface area contributed by atoms with Crippen LogP contribution in [0.3, 0.4) is 0 Å². The number of hydrogen-bond acceptors (Lipinski definition) is 5. The van der Waals surface area contributed by atoms with Gasteiger partial charge in [-0.25, -0.2) is 0 Å². The number of hydrogen-bond donors (Lipinski definition) is 2. The van der Waals surface area contributed by atoms with Crippen molar-refractivity contribution in [1.29, 1.82) is 0 Å². The van der Waals surface area contributed by atoms with Crippen LogP contribution in [0.1, 0.15) is 47.7 Å². The van der Waals surface area contributed by atoms with Crippen LogP contribution in [0.15, 0.2) is 66.2 Å². The van der Waals surface area contributed by atoms with Crippen LogP contribution in [0.4, 0.5) is 11.4 Å². The van der Waals surface area contributed by atoms with E-state index in [9.17, 15) is 19.8 Å². The smallest absolute Gasteiger partial charge is 0.300 e. The third kappa shape index (κ3) is 4.35. The Morgan fingerprint density at radius 1 is 0.889 bits per heavy atom. The second kappa shape index (κ2) is 9.90. The molecule has 3 aromatic rings. The zero-order chi connectivity index (χ0) is 26.1. The van der Waals surface area contributed by atoms with Crippen LogP contribution in [0, 0.1) is 20.8 Å². The molecule has 1 aliphatic rings. The minimum atomic E-state index is -0.900. The molecule has 6 nitrogen and oxygen atoms in total. The maximum absolute atomic E-state index is 13.4. The predicted octanol–water partition coefficient (Wildman–Crippen LogP) is 5.79. The number of rotatable bonds is 6. The van der Waals surface area contributed by atoms with Gasteiger partial charge < -0.3 is 15.1 Å². The molecule has 1 saturated heterocycles. The normalized spacial score (nSPS) is 17.0. The molecule has 1 amide bonds. The highest BCUT2D eigenvalue weighted by Crippen LogP contribution is 2.45. The van der Waals surface area contributed by atoms with Gasteiger partial charge in [-0.3, -0.25) is 14.5 Å². The monoisotopic (exact) mass is 484 g/mol. The lowest BCUT2D eigenvalue weighted by molar-refractivity contribution is -0.132. The van der Waals surface area contributed by atoms with E-state index in [0.717, 1.165) is 35.5 Å². The van der Waals surface area contributed by atoms with Crippen LogP contribution in [-0.4, -0.2) is 35.0 Å². The van der Waals surface area contributed by atoms with Crippen molar-refractivity contribution in [2.24, 2.45) is 0 Å². The molecule has 1 unspecified atom stereocenters. The first kappa shape index (κ1) is 25.0. The first-order valence-corrected chi connectivity index (χ1v) is 12.2. The summed E-state index contributed by atoms with van der Waals surface area (Å²) in [5, 5.41) is 22.1. The van der Waals surface area contributed by atoms with Crippen molar-refractivity contribution < 1.29 is 19.8 Å². The molecule has 0 radical (unpaired) electrons. The zero-order valence-corrected chi connectivity index (χ0v) is 21.4. The van der Waals surface area contributed by atoms with Crippen LogP contribution in [0.25, 0.3) is 5.76 Å². The average molecular weight is 485 g/mol. The summed E-state index contributed by atoms with van der Waals surface area (Å²) in [7, 11) is 0. The number of ketones is 1. The molecule has 3 aromatic carbocycles. The molecule has 186 valence electrons. The molecule has 1 fully saturated rings. The molecule has 1 heterocycles. The van der Waals surface area contributed by atoms with Gasteiger partial charge in [-0.05, 0) is 81.6 Å². The zero-order valence-electron chi connectivity index (χ0n) is 21.4. The minimum absolute atomic E-state index is 0.00481. The Morgan fingerprint density at radius 3 is 2.14 bits per heavy atom. The number of carbonyl (C=O) groups excluding carboxylic acids is 2. The SMILES string of the molecule is CCN(CC)c1ccc(C2/C(=C(\O)c3cc(C)ccc3C)C(=O)C(=O)N2c2cc(C)ccc2O)cc1. The molecule has 1 aliphatic heterocycles. The minimum Gasteiger partial charge on any atom is -0.507 e. The summed E-state index contributed by atoms with van der Waals surface area (Å²) in [4.78, 5) is 30.4. The fourth-order valence-corrected chi connectivity index (χ4v) is 4.82. The Morgan fingerprint density at radius 2 is 1.50 bits per heavy atom. The summed E-state index contributed by atoms with van der Waals surface area (Å²) >= 11 is 0. The van der Waals surface area contributed by atoms with Crippen LogP contribution < -0.4 is 9.80 Å². The van der Waals surface area contributed by atoms with E-state index < -0.39 is 17.7 Å².